The van der Waals surface area contributed by atoms with Gasteiger partial charge in [0, 0.05) is 0 Å². The molecule has 2 aromatic carbocycles. The van der Waals surface area contributed by atoms with E-state index in [4.69, 9.17) is 11.6 Å². The van der Waals surface area contributed by atoms with Crippen LogP contribution < -0.4 is 16.6 Å². The van der Waals surface area contributed by atoms with Crippen LogP contribution in [0.5, 0.6) is 0 Å². The molecule has 15 heavy (non-hydrogen) atoms. The Morgan fingerprint density at radius 1 is 0.800 bits per heavy atom. The second kappa shape index (κ2) is 4.02. The maximum atomic E-state index is 5.97. The zero-order valence-corrected chi connectivity index (χ0v) is 8.30. The normalized spacial score (nSPS) is 9.93. The number of rotatable bonds is 2. The van der Waals surface area contributed by atoms with Gasteiger partial charge in [0.05, 0.1) is 17.1 Å². The molecule has 3 nitrogen and oxygen atoms in total. The van der Waals surface area contributed by atoms with E-state index < -0.39 is 0 Å². The molecule has 0 aliphatic carbocycles. The van der Waals surface area contributed by atoms with Gasteiger partial charge in [-0.25, -0.2) is 5.84 Å². The van der Waals surface area contributed by atoms with Crippen LogP contribution in [-0.2, 0) is 0 Å². The zero-order chi connectivity index (χ0) is 10.7. The van der Waals surface area contributed by atoms with Crippen molar-refractivity contribution in [3.63, 3.8) is 0 Å². The van der Waals surface area contributed by atoms with E-state index in [0.29, 0.717) is 5.69 Å². The first-order valence-electron chi connectivity index (χ1n) is 4.73. The monoisotopic (exact) mass is 199 g/mol. The highest BCUT2D eigenvalue weighted by atomic mass is 15.4. The van der Waals surface area contributed by atoms with Crippen molar-refractivity contribution >= 4 is 17.1 Å². The van der Waals surface area contributed by atoms with Crippen LogP contribution in [0.4, 0.5) is 17.1 Å². The third kappa shape index (κ3) is 1.92. The van der Waals surface area contributed by atoms with Gasteiger partial charge in [-0.05, 0) is 24.3 Å². The fraction of sp³-hybridized carbons (Fsp3) is 0. The van der Waals surface area contributed by atoms with Crippen molar-refractivity contribution in [1.82, 2.24) is 0 Å². The second-order valence-electron chi connectivity index (χ2n) is 3.26. The number of anilines is 3. The Bertz CT molecular complexity index is 440. The van der Waals surface area contributed by atoms with Crippen LogP contribution in [0, 0.1) is 0 Å². The molecule has 0 fully saturated rings. The van der Waals surface area contributed by atoms with Gasteiger partial charge in [0.1, 0.15) is 0 Å². The molecule has 0 amide bonds. The molecule has 76 valence electrons. The summed E-state index contributed by atoms with van der Waals surface area (Å²) in [4.78, 5) is 0. The molecule has 0 spiro atoms. The van der Waals surface area contributed by atoms with Gasteiger partial charge in [0.2, 0.25) is 0 Å². The first-order chi connectivity index (χ1) is 7.29. The van der Waals surface area contributed by atoms with E-state index in [2.05, 4.69) is 0 Å². The molecule has 0 bridgehead atoms. The Morgan fingerprint density at radius 2 is 1.40 bits per heavy atom. The molecule has 4 N–H and O–H groups in total. The molecule has 0 aliphatic rings. The molecule has 0 aliphatic heterocycles. The number of benzene rings is 2. The maximum Gasteiger partial charge on any atom is 0.0804 e. The smallest absolute Gasteiger partial charge is 0.0804 e. The first kappa shape index (κ1) is 9.55. The lowest BCUT2D eigenvalue weighted by Crippen LogP contribution is -2.25. The fourth-order valence-electron chi connectivity index (χ4n) is 1.43. The quantitative estimate of drug-likeness (QED) is 0.443. The van der Waals surface area contributed by atoms with Crippen molar-refractivity contribution < 1.29 is 0 Å². The van der Waals surface area contributed by atoms with Gasteiger partial charge in [-0.15, -0.1) is 0 Å². The third-order valence-electron chi connectivity index (χ3n) is 2.23. The van der Waals surface area contributed by atoms with Gasteiger partial charge >= 0.3 is 0 Å². The summed E-state index contributed by atoms with van der Waals surface area (Å²) in [5.74, 6) is 5.97. The van der Waals surface area contributed by atoms with Crippen molar-refractivity contribution in [2.45, 2.75) is 0 Å². The highest BCUT2D eigenvalue weighted by Crippen LogP contribution is 2.26. The fourth-order valence-corrected chi connectivity index (χ4v) is 1.43. The van der Waals surface area contributed by atoms with Gasteiger partial charge in [0.25, 0.3) is 0 Å². The highest BCUT2D eigenvalue weighted by Gasteiger charge is 2.06. The average Bonchev–Trinajstić information content (AvgIpc) is 2.30. The van der Waals surface area contributed by atoms with Crippen LogP contribution in [0.15, 0.2) is 54.6 Å². The van der Waals surface area contributed by atoms with E-state index >= 15 is 0 Å². The Kier molecular flexibility index (Phi) is 2.56. The summed E-state index contributed by atoms with van der Waals surface area (Å²) in [5, 5.41) is 1.58. The molecule has 0 unspecified atom stereocenters. The summed E-state index contributed by atoms with van der Waals surface area (Å²) in [6.45, 7) is 0. The number of hydrogen-bond donors (Lipinski definition) is 2. The van der Waals surface area contributed by atoms with Crippen molar-refractivity contribution in [1.29, 1.82) is 0 Å². The van der Waals surface area contributed by atoms with Gasteiger partial charge in [0.15, 0.2) is 0 Å². The predicted molar refractivity (Wildman–Crippen MR) is 63.6 cm³/mol. The molecular formula is C12H13N3. The second-order valence-corrected chi connectivity index (χ2v) is 3.26. The third-order valence-corrected chi connectivity index (χ3v) is 2.23. The van der Waals surface area contributed by atoms with Crippen LogP contribution in [0.3, 0.4) is 0 Å². The standard InChI is InChI=1S/C12H13N3/c13-11-8-4-5-9-12(11)15(14)10-6-2-1-3-7-10/h1-9H,13-14H2. The van der Waals surface area contributed by atoms with Crippen LogP contribution in [-0.4, -0.2) is 0 Å². The summed E-state index contributed by atoms with van der Waals surface area (Å²) >= 11 is 0. The molecule has 3 heteroatoms. The summed E-state index contributed by atoms with van der Waals surface area (Å²) in [7, 11) is 0. The minimum absolute atomic E-state index is 0.670. The summed E-state index contributed by atoms with van der Waals surface area (Å²) in [6, 6.07) is 17.2. The molecule has 2 aromatic rings. The number of nitrogen functional groups attached to an aromatic ring is 1. The largest absolute Gasteiger partial charge is 0.397 e. The Labute approximate surface area is 88.9 Å². The lowest BCUT2D eigenvalue weighted by molar-refractivity contribution is 1.09. The van der Waals surface area contributed by atoms with E-state index in [-0.39, 0.29) is 0 Å². The summed E-state index contributed by atoms with van der Waals surface area (Å²) < 4.78 is 0. The highest BCUT2D eigenvalue weighted by molar-refractivity contribution is 5.73. The minimum atomic E-state index is 0.670. The van der Waals surface area contributed by atoms with Gasteiger partial charge in [-0.3, -0.25) is 5.01 Å². The number of hydrogen-bond acceptors (Lipinski definition) is 3. The Balaban J connectivity index is 2.37. The molecule has 0 radical (unpaired) electrons. The number of nitrogens with zero attached hydrogens (tertiary/aromatic N) is 1. The average molecular weight is 199 g/mol. The number of hydrazine groups is 1. The van der Waals surface area contributed by atoms with E-state index in [0.717, 1.165) is 11.4 Å². The summed E-state index contributed by atoms with van der Waals surface area (Å²) in [6.07, 6.45) is 0. The van der Waals surface area contributed by atoms with E-state index in [1.165, 1.54) is 0 Å². The van der Waals surface area contributed by atoms with Gasteiger partial charge in [-0.2, -0.15) is 0 Å². The molecule has 0 heterocycles. The maximum absolute atomic E-state index is 5.97. The van der Waals surface area contributed by atoms with Crippen LogP contribution in [0.25, 0.3) is 0 Å². The zero-order valence-electron chi connectivity index (χ0n) is 8.30. The molecule has 0 aromatic heterocycles. The van der Waals surface area contributed by atoms with Crippen molar-refractivity contribution in [3.8, 4) is 0 Å². The lowest BCUT2D eigenvalue weighted by Gasteiger charge is -2.20. The van der Waals surface area contributed by atoms with Gasteiger partial charge < -0.3 is 5.73 Å². The SMILES string of the molecule is Nc1ccccc1N(N)c1ccccc1. The van der Waals surface area contributed by atoms with E-state index in [1.807, 2.05) is 54.6 Å². The van der Waals surface area contributed by atoms with E-state index in [9.17, 15) is 0 Å². The molecule has 0 atom stereocenters. The van der Waals surface area contributed by atoms with Crippen LogP contribution >= 0.6 is 0 Å². The molecule has 0 saturated heterocycles. The van der Waals surface area contributed by atoms with Crippen LogP contribution in [0.1, 0.15) is 0 Å². The molecule has 2 rings (SSSR count). The predicted octanol–water partition coefficient (Wildman–Crippen LogP) is 2.28. The minimum Gasteiger partial charge on any atom is -0.397 e. The molecule has 0 saturated carbocycles. The van der Waals surface area contributed by atoms with Gasteiger partial charge in [-0.1, -0.05) is 30.3 Å². The Hall–Kier alpha value is -2.00. The Morgan fingerprint density at radius 3 is 2.07 bits per heavy atom. The summed E-state index contributed by atoms with van der Waals surface area (Å²) in [5.41, 5.74) is 8.23. The topological polar surface area (TPSA) is 55.3 Å². The number of para-hydroxylation sites is 3. The van der Waals surface area contributed by atoms with E-state index in [1.54, 1.807) is 5.01 Å². The lowest BCUT2D eigenvalue weighted by atomic mass is 10.2. The van der Waals surface area contributed by atoms with Crippen molar-refractivity contribution in [3.05, 3.63) is 54.6 Å². The molecular weight excluding hydrogens is 186 g/mol. The number of nitrogens with two attached hydrogens (primary N) is 2. The van der Waals surface area contributed by atoms with Crippen LogP contribution in [0.2, 0.25) is 0 Å². The van der Waals surface area contributed by atoms with Crippen molar-refractivity contribution in [2.24, 2.45) is 5.84 Å². The van der Waals surface area contributed by atoms with Crippen molar-refractivity contribution in [2.75, 3.05) is 10.7 Å². The first-order valence-corrected chi connectivity index (χ1v) is 4.73.